The Labute approximate surface area is 159 Å². The summed E-state index contributed by atoms with van der Waals surface area (Å²) in [4.78, 5) is 4.78. The Morgan fingerprint density at radius 1 is 1.08 bits per heavy atom. The molecule has 4 heteroatoms. The molecule has 0 saturated carbocycles. The van der Waals surface area contributed by atoms with Crippen molar-refractivity contribution in [1.29, 1.82) is 0 Å². The minimum Gasteiger partial charge on any atom is -0.494 e. The minimum absolute atomic E-state index is 0.717. The molecule has 0 unspecified atom stereocenters. The molecule has 3 rings (SSSR count). The number of rotatable bonds is 8. The van der Waals surface area contributed by atoms with E-state index < -0.39 is 0 Å². The Morgan fingerprint density at radius 3 is 2.62 bits per heavy atom. The first-order valence-electron chi connectivity index (χ1n) is 9.00. The zero-order valence-corrected chi connectivity index (χ0v) is 16.4. The lowest BCUT2D eigenvalue weighted by atomic mass is 10.1. The summed E-state index contributed by atoms with van der Waals surface area (Å²) in [7, 11) is 1.69. The van der Waals surface area contributed by atoms with Crippen LogP contribution in [-0.4, -0.2) is 24.5 Å². The van der Waals surface area contributed by atoms with Gasteiger partial charge in [0.15, 0.2) is 0 Å². The fourth-order valence-electron chi connectivity index (χ4n) is 2.85. The number of ether oxygens (including phenoxy) is 2. The number of hydrogen-bond donors (Lipinski definition) is 0. The third kappa shape index (κ3) is 4.50. The van der Waals surface area contributed by atoms with Crippen LogP contribution < -0.4 is 9.47 Å². The van der Waals surface area contributed by atoms with Gasteiger partial charge in [-0.25, -0.2) is 4.98 Å². The number of hydrogen-bond acceptors (Lipinski definition) is 4. The molecule has 1 aromatic heterocycles. The lowest BCUT2D eigenvalue weighted by Gasteiger charge is -2.10. The third-order valence-electron chi connectivity index (χ3n) is 4.34. The molecule has 3 aromatic rings. The number of aromatic nitrogens is 1. The van der Waals surface area contributed by atoms with Crippen LogP contribution in [0.25, 0.3) is 10.9 Å². The average molecular weight is 368 g/mol. The van der Waals surface area contributed by atoms with Crippen molar-refractivity contribution >= 4 is 22.7 Å². The van der Waals surface area contributed by atoms with E-state index >= 15 is 0 Å². The van der Waals surface area contributed by atoms with Gasteiger partial charge >= 0.3 is 0 Å². The van der Waals surface area contributed by atoms with E-state index in [1.165, 1.54) is 11.1 Å². The third-order valence-corrected chi connectivity index (χ3v) is 5.34. The molecule has 0 bridgehead atoms. The molecule has 0 aliphatic carbocycles. The number of thioether (sulfide) groups is 1. The van der Waals surface area contributed by atoms with Crippen LogP contribution in [0.4, 0.5) is 0 Å². The maximum absolute atomic E-state index is 5.82. The highest BCUT2D eigenvalue weighted by Crippen LogP contribution is 2.29. The first-order chi connectivity index (χ1) is 12.7. The molecule has 0 saturated heterocycles. The van der Waals surface area contributed by atoms with Gasteiger partial charge in [-0.05, 0) is 55.2 Å². The van der Waals surface area contributed by atoms with Crippen LogP contribution >= 0.6 is 11.8 Å². The Hall–Kier alpha value is -2.20. The topological polar surface area (TPSA) is 31.4 Å². The lowest BCUT2D eigenvalue weighted by Crippen LogP contribution is -1.99. The maximum atomic E-state index is 5.82. The zero-order chi connectivity index (χ0) is 18.4. The van der Waals surface area contributed by atoms with Gasteiger partial charge in [0.1, 0.15) is 17.0 Å². The van der Waals surface area contributed by atoms with Crippen molar-refractivity contribution in [3.8, 4) is 11.5 Å². The number of para-hydroxylation sites is 1. The van der Waals surface area contributed by atoms with Gasteiger partial charge in [0, 0.05) is 11.1 Å². The summed E-state index contributed by atoms with van der Waals surface area (Å²) in [6, 6.07) is 16.6. The van der Waals surface area contributed by atoms with Crippen molar-refractivity contribution in [3.63, 3.8) is 0 Å². The predicted octanol–water partition coefficient (Wildman–Crippen LogP) is 5.68. The summed E-state index contributed by atoms with van der Waals surface area (Å²) in [5.74, 6) is 2.74. The number of fused-ring (bicyclic) bond motifs is 1. The van der Waals surface area contributed by atoms with Gasteiger partial charge in [0.25, 0.3) is 0 Å². The van der Waals surface area contributed by atoms with Crippen molar-refractivity contribution in [2.45, 2.75) is 31.7 Å². The zero-order valence-electron chi connectivity index (χ0n) is 15.6. The maximum Gasteiger partial charge on any atom is 0.145 e. The van der Waals surface area contributed by atoms with E-state index in [9.17, 15) is 0 Å². The molecule has 0 N–H and O–H groups in total. The number of methoxy groups -OCH3 is 1. The first kappa shape index (κ1) is 18.6. The number of nitrogens with zero attached hydrogens (tertiary/aromatic N) is 1. The molecule has 26 heavy (non-hydrogen) atoms. The van der Waals surface area contributed by atoms with Gasteiger partial charge in [-0.2, -0.15) is 0 Å². The molecule has 0 spiro atoms. The molecule has 0 atom stereocenters. The van der Waals surface area contributed by atoms with Crippen molar-refractivity contribution in [2.75, 3.05) is 19.5 Å². The van der Waals surface area contributed by atoms with Crippen molar-refractivity contribution < 1.29 is 9.47 Å². The van der Waals surface area contributed by atoms with E-state index in [1.807, 2.05) is 24.3 Å². The van der Waals surface area contributed by atoms with Gasteiger partial charge in [-0.1, -0.05) is 31.2 Å². The van der Waals surface area contributed by atoms with E-state index in [2.05, 4.69) is 38.1 Å². The molecule has 0 fully saturated rings. The summed E-state index contributed by atoms with van der Waals surface area (Å²) in [6.07, 6.45) is 2.03. The predicted molar refractivity (Wildman–Crippen MR) is 110 cm³/mol. The quantitative estimate of drug-likeness (QED) is 0.379. The molecule has 2 aromatic carbocycles. The molecule has 3 nitrogen and oxygen atoms in total. The summed E-state index contributed by atoms with van der Waals surface area (Å²) >= 11 is 1.76. The Bertz CT molecular complexity index is 862. The molecule has 136 valence electrons. The molecule has 0 aliphatic heterocycles. The normalized spacial score (nSPS) is 10.9. The second-order valence-corrected chi connectivity index (χ2v) is 7.30. The number of pyridine rings is 1. The van der Waals surface area contributed by atoms with Gasteiger partial charge in [0.05, 0.1) is 18.7 Å². The molecule has 0 radical (unpaired) electrons. The second-order valence-electron chi connectivity index (χ2n) is 6.18. The van der Waals surface area contributed by atoms with E-state index in [1.54, 1.807) is 18.9 Å². The first-order valence-corrected chi connectivity index (χ1v) is 9.98. The summed E-state index contributed by atoms with van der Waals surface area (Å²) in [5, 5.41) is 2.18. The molecular weight excluding hydrogens is 342 g/mol. The highest BCUT2D eigenvalue weighted by molar-refractivity contribution is 7.99. The molecule has 0 amide bonds. The highest BCUT2D eigenvalue weighted by atomic mass is 32.2. The monoisotopic (exact) mass is 367 g/mol. The van der Waals surface area contributed by atoms with Gasteiger partial charge in [-0.3, -0.25) is 0 Å². The van der Waals surface area contributed by atoms with Crippen molar-refractivity contribution in [2.24, 2.45) is 0 Å². The van der Waals surface area contributed by atoms with Gasteiger partial charge in [-0.15, -0.1) is 11.8 Å². The SMILES string of the molecule is CCc1ccc(OCCCSc2cc(C)c3cccc(OC)c3n2)cc1. The van der Waals surface area contributed by atoms with Crippen molar-refractivity contribution in [3.05, 3.63) is 59.7 Å². The molecule has 0 aliphatic rings. The van der Waals surface area contributed by atoms with E-state index in [4.69, 9.17) is 14.5 Å². The average Bonchev–Trinajstić information content (AvgIpc) is 2.68. The lowest BCUT2D eigenvalue weighted by molar-refractivity contribution is 0.318. The summed E-state index contributed by atoms with van der Waals surface area (Å²) in [5.41, 5.74) is 3.49. The number of aryl methyl sites for hydroxylation is 2. The van der Waals surface area contributed by atoms with E-state index in [0.29, 0.717) is 6.61 Å². The van der Waals surface area contributed by atoms with Crippen LogP contribution in [0, 0.1) is 6.92 Å². The molecular formula is C22H25NO2S. The Morgan fingerprint density at radius 2 is 1.88 bits per heavy atom. The number of benzene rings is 2. The Balaban J connectivity index is 1.54. The minimum atomic E-state index is 0.717. The van der Waals surface area contributed by atoms with Crippen LogP contribution in [0.5, 0.6) is 11.5 Å². The smallest absolute Gasteiger partial charge is 0.145 e. The summed E-state index contributed by atoms with van der Waals surface area (Å²) in [6.45, 7) is 5.00. The van der Waals surface area contributed by atoms with Crippen LogP contribution in [0.3, 0.4) is 0 Å². The highest BCUT2D eigenvalue weighted by Gasteiger charge is 2.08. The Kier molecular flexibility index (Phi) is 6.40. The van der Waals surface area contributed by atoms with E-state index in [0.717, 1.165) is 46.0 Å². The van der Waals surface area contributed by atoms with Crippen molar-refractivity contribution in [1.82, 2.24) is 4.98 Å². The summed E-state index contributed by atoms with van der Waals surface area (Å²) < 4.78 is 11.3. The second kappa shape index (κ2) is 8.95. The fraction of sp³-hybridized carbons (Fsp3) is 0.318. The van der Waals surface area contributed by atoms with Gasteiger partial charge in [0.2, 0.25) is 0 Å². The van der Waals surface area contributed by atoms with Gasteiger partial charge < -0.3 is 9.47 Å². The van der Waals surface area contributed by atoms with Crippen LogP contribution in [0.1, 0.15) is 24.5 Å². The fourth-order valence-corrected chi connectivity index (χ4v) is 3.73. The van der Waals surface area contributed by atoms with Crippen LogP contribution in [0.15, 0.2) is 53.6 Å². The largest absolute Gasteiger partial charge is 0.494 e. The molecule has 1 heterocycles. The van der Waals surface area contributed by atoms with Crippen LogP contribution in [0.2, 0.25) is 0 Å². The standard InChI is InChI=1S/C22H25NO2S/c1-4-17-9-11-18(12-10-17)25-13-6-14-26-21-15-16(2)19-7-5-8-20(24-3)22(19)23-21/h5,7-12,15H,4,6,13-14H2,1-3H3. The van der Waals surface area contributed by atoms with E-state index in [-0.39, 0.29) is 0 Å². The van der Waals surface area contributed by atoms with Crippen LogP contribution in [-0.2, 0) is 6.42 Å².